The lowest BCUT2D eigenvalue weighted by Gasteiger charge is -2.26. The number of hydrogen-bond acceptors (Lipinski definition) is 11. The molecule has 2 fully saturated rings. The normalized spacial score (nSPS) is 16.2. The molecule has 12 nitrogen and oxygen atoms in total. The monoisotopic (exact) mass is 575 g/mol. The molecule has 0 bridgehead atoms. The molecule has 1 aliphatic carbocycles. The van der Waals surface area contributed by atoms with Gasteiger partial charge in [0.2, 0.25) is 0 Å². The van der Waals surface area contributed by atoms with Gasteiger partial charge in [0, 0.05) is 61.6 Å². The van der Waals surface area contributed by atoms with E-state index in [2.05, 4.69) is 55.5 Å². The summed E-state index contributed by atoms with van der Waals surface area (Å²) in [6, 6.07) is 8.00. The Morgan fingerprint density at radius 3 is 2.59 bits per heavy atom. The summed E-state index contributed by atoms with van der Waals surface area (Å²) in [5, 5.41) is 10.4. The molecule has 0 spiro atoms. The molecule has 0 radical (unpaired) electrons. The van der Waals surface area contributed by atoms with Gasteiger partial charge in [-0.15, -0.1) is 0 Å². The van der Waals surface area contributed by atoms with Crippen LogP contribution >= 0.6 is 0 Å². The first-order chi connectivity index (χ1) is 19.8. The van der Waals surface area contributed by atoms with Gasteiger partial charge in [-0.2, -0.15) is 9.19 Å². The summed E-state index contributed by atoms with van der Waals surface area (Å²) in [5.41, 5.74) is 4.31. The van der Waals surface area contributed by atoms with E-state index in [1.165, 1.54) is 12.4 Å². The number of nitrogens with one attached hydrogen (secondary N) is 2. The minimum Gasteiger partial charge on any atom is -0.382 e. The van der Waals surface area contributed by atoms with E-state index in [4.69, 9.17) is 9.72 Å². The van der Waals surface area contributed by atoms with Crippen molar-refractivity contribution in [1.82, 2.24) is 34.0 Å². The van der Waals surface area contributed by atoms with Gasteiger partial charge < -0.3 is 15.4 Å². The van der Waals surface area contributed by atoms with Crippen molar-refractivity contribution in [3.63, 3.8) is 0 Å². The van der Waals surface area contributed by atoms with Gasteiger partial charge in [-0.25, -0.2) is 23.4 Å². The van der Waals surface area contributed by atoms with Gasteiger partial charge in [0.15, 0.2) is 5.82 Å². The van der Waals surface area contributed by atoms with Crippen molar-refractivity contribution in [2.24, 2.45) is 0 Å². The van der Waals surface area contributed by atoms with E-state index in [-0.39, 0.29) is 11.3 Å². The van der Waals surface area contributed by atoms with Crippen molar-refractivity contribution in [2.45, 2.75) is 44.5 Å². The van der Waals surface area contributed by atoms with Crippen LogP contribution in [0.2, 0.25) is 0 Å². The van der Waals surface area contributed by atoms with Gasteiger partial charge in [0.1, 0.15) is 11.6 Å². The summed E-state index contributed by atoms with van der Waals surface area (Å²) in [6.45, 7) is 8.42. The highest BCUT2D eigenvalue weighted by atomic mass is 32.2. The number of rotatable bonds is 10. The Labute approximate surface area is 239 Å². The molecule has 214 valence electrons. The van der Waals surface area contributed by atoms with Crippen molar-refractivity contribution < 1.29 is 13.2 Å². The van der Waals surface area contributed by atoms with Crippen molar-refractivity contribution in [2.75, 3.05) is 36.9 Å². The summed E-state index contributed by atoms with van der Waals surface area (Å²) >= 11 is 0. The fourth-order valence-electron chi connectivity index (χ4n) is 4.63. The van der Waals surface area contributed by atoms with Gasteiger partial charge in [-0.3, -0.25) is 9.88 Å². The molecular formula is C28H33N9O3S. The molecule has 1 saturated heterocycles. The van der Waals surface area contributed by atoms with E-state index in [0.717, 1.165) is 59.4 Å². The molecule has 0 amide bonds. The number of aromatic nitrogens is 6. The molecule has 4 aromatic rings. The molecule has 0 unspecified atom stereocenters. The van der Waals surface area contributed by atoms with Crippen molar-refractivity contribution in [3.8, 4) is 22.6 Å². The van der Waals surface area contributed by atoms with Gasteiger partial charge in [0.25, 0.3) is 10.0 Å². The molecular weight excluding hydrogens is 542 g/mol. The Morgan fingerprint density at radius 2 is 1.85 bits per heavy atom. The Kier molecular flexibility index (Phi) is 7.65. The average molecular weight is 576 g/mol. The first-order valence-electron chi connectivity index (χ1n) is 13.8. The molecule has 2 aliphatic rings. The van der Waals surface area contributed by atoms with E-state index >= 15 is 0 Å². The average Bonchev–Trinajstić information content (AvgIpc) is 3.71. The van der Waals surface area contributed by atoms with Gasteiger partial charge in [0.05, 0.1) is 42.1 Å². The SMILES string of the molecule is CC(C)Nc1cc(Nc2ccnc(-c3cnn(S(=O)(=O)C4CC4)c3)n2)ncc1-c1ccc(CN2CCOCC2)cn1. The highest BCUT2D eigenvalue weighted by Crippen LogP contribution is 2.31. The Bertz CT molecular complexity index is 1610. The van der Waals surface area contributed by atoms with E-state index in [9.17, 15) is 8.42 Å². The Balaban J connectivity index is 1.20. The number of hydrogen-bond donors (Lipinski definition) is 2. The van der Waals surface area contributed by atoms with Gasteiger partial charge in [-0.1, -0.05) is 6.07 Å². The summed E-state index contributed by atoms with van der Waals surface area (Å²) in [5.74, 6) is 1.48. The summed E-state index contributed by atoms with van der Waals surface area (Å²) in [7, 11) is -3.46. The van der Waals surface area contributed by atoms with Crippen molar-refractivity contribution in [1.29, 1.82) is 0 Å². The lowest BCUT2D eigenvalue weighted by Crippen LogP contribution is -2.35. The van der Waals surface area contributed by atoms with Crippen LogP contribution in [0.3, 0.4) is 0 Å². The Hall–Kier alpha value is -3.94. The first-order valence-corrected chi connectivity index (χ1v) is 15.3. The fraction of sp³-hybridized carbons (Fsp3) is 0.393. The maximum atomic E-state index is 12.5. The number of morpholine rings is 1. The quantitative estimate of drug-likeness (QED) is 0.287. The van der Waals surface area contributed by atoms with Crippen LogP contribution in [0.1, 0.15) is 32.3 Å². The second-order valence-electron chi connectivity index (χ2n) is 10.6. The van der Waals surface area contributed by atoms with Gasteiger partial charge in [-0.05, 0) is 44.4 Å². The van der Waals surface area contributed by atoms with Crippen LogP contribution in [0.5, 0.6) is 0 Å². The van der Waals surface area contributed by atoms with Crippen LogP contribution in [0.4, 0.5) is 17.3 Å². The smallest absolute Gasteiger partial charge is 0.256 e. The van der Waals surface area contributed by atoms with E-state index in [1.807, 2.05) is 18.3 Å². The lowest BCUT2D eigenvalue weighted by atomic mass is 10.1. The Morgan fingerprint density at radius 1 is 1.02 bits per heavy atom. The number of nitrogens with zero attached hydrogens (tertiary/aromatic N) is 7. The third-order valence-electron chi connectivity index (χ3n) is 6.90. The summed E-state index contributed by atoms with van der Waals surface area (Å²) in [6.07, 6.45) is 9.61. The zero-order valence-corrected chi connectivity index (χ0v) is 23.9. The predicted molar refractivity (Wildman–Crippen MR) is 156 cm³/mol. The third-order valence-corrected chi connectivity index (χ3v) is 8.93. The minimum atomic E-state index is -3.46. The van der Waals surface area contributed by atoms with E-state index in [1.54, 1.807) is 18.5 Å². The van der Waals surface area contributed by atoms with Crippen molar-refractivity contribution in [3.05, 3.63) is 60.8 Å². The van der Waals surface area contributed by atoms with Gasteiger partial charge >= 0.3 is 0 Å². The molecule has 4 aromatic heterocycles. The van der Waals surface area contributed by atoms with Crippen molar-refractivity contribution >= 4 is 27.3 Å². The van der Waals surface area contributed by atoms with Crippen LogP contribution in [0, 0.1) is 0 Å². The molecule has 41 heavy (non-hydrogen) atoms. The highest BCUT2D eigenvalue weighted by molar-refractivity contribution is 7.90. The highest BCUT2D eigenvalue weighted by Gasteiger charge is 2.37. The molecule has 2 N–H and O–H groups in total. The van der Waals surface area contributed by atoms with Crippen LogP contribution in [0.25, 0.3) is 22.6 Å². The van der Waals surface area contributed by atoms with Crippen LogP contribution in [0.15, 0.2) is 55.2 Å². The molecule has 5 heterocycles. The molecule has 6 rings (SSSR count). The first kappa shape index (κ1) is 27.2. The largest absolute Gasteiger partial charge is 0.382 e. The van der Waals surface area contributed by atoms with Crippen LogP contribution in [-0.2, 0) is 21.3 Å². The second-order valence-corrected chi connectivity index (χ2v) is 12.7. The zero-order valence-electron chi connectivity index (χ0n) is 23.1. The topological polar surface area (TPSA) is 140 Å². The molecule has 13 heteroatoms. The number of pyridine rings is 2. The second kappa shape index (κ2) is 11.5. The third kappa shape index (κ3) is 6.37. The summed E-state index contributed by atoms with van der Waals surface area (Å²) < 4.78 is 31.5. The van der Waals surface area contributed by atoms with Crippen LogP contribution in [-0.4, -0.2) is 80.0 Å². The van der Waals surface area contributed by atoms with E-state index < -0.39 is 10.0 Å². The van der Waals surface area contributed by atoms with Crippen LogP contribution < -0.4 is 10.6 Å². The molecule has 0 aromatic carbocycles. The number of ether oxygens (including phenoxy) is 1. The van der Waals surface area contributed by atoms with E-state index in [0.29, 0.717) is 35.9 Å². The molecule has 0 atom stereocenters. The fourth-order valence-corrected chi connectivity index (χ4v) is 6.11. The maximum absolute atomic E-state index is 12.5. The standard InChI is InChI=1S/C28H33N9O3S/c1-19(2)33-25-13-27(31-16-23(25)24-6-3-20(14-30-24)17-36-9-11-40-12-10-36)34-26-7-8-29-28(35-26)21-15-32-37(18-21)41(38,39)22-4-5-22/h3,6-8,13-16,18-19,22H,4-5,9-12,17H2,1-2H3,(H2,29,31,33,34,35). The minimum absolute atomic E-state index is 0.193. The lowest BCUT2D eigenvalue weighted by molar-refractivity contribution is 0.0341. The zero-order chi connectivity index (χ0) is 28.4. The summed E-state index contributed by atoms with van der Waals surface area (Å²) in [4.78, 5) is 20.6. The molecule has 1 aliphatic heterocycles. The number of anilines is 3. The maximum Gasteiger partial charge on any atom is 0.256 e. The molecule has 1 saturated carbocycles. The predicted octanol–water partition coefficient (Wildman–Crippen LogP) is 3.53.